The molecule has 3 aliphatic rings. The normalized spacial score (nSPS) is 26.5. The van der Waals surface area contributed by atoms with Gasteiger partial charge in [0.2, 0.25) is 5.91 Å². The second kappa shape index (κ2) is 11.9. The summed E-state index contributed by atoms with van der Waals surface area (Å²) in [5.41, 5.74) is 0. The molecule has 0 aromatic heterocycles. The van der Waals surface area contributed by atoms with Crippen molar-refractivity contribution in [2.24, 2.45) is 17.8 Å². The first kappa shape index (κ1) is 24.8. The number of carbonyl (C=O) groups is 4. The van der Waals surface area contributed by atoms with E-state index >= 15 is 0 Å². The van der Waals surface area contributed by atoms with Gasteiger partial charge in [0.05, 0.1) is 19.2 Å². The van der Waals surface area contributed by atoms with E-state index in [1.807, 2.05) is 0 Å². The van der Waals surface area contributed by atoms with Crippen LogP contribution in [0.5, 0.6) is 0 Å². The van der Waals surface area contributed by atoms with E-state index in [0.717, 1.165) is 25.7 Å². The molecule has 1 aliphatic heterocycles. The molecule has 10 nitrogen and oxygen atoms in total. The number of esters is 1. The number of nitrogens with one attached hydrogen (secondary N) is 1. The summed E-state index contributed by atoms with van der Waals surface area (Å²) in [5.74, 6) is 6.36. The zero-order chi connectivity index (χ0) is 23.8. The van der Waals surface area contributed by atoms with Gasteiger partial charge in [0, 0.05) is 52.4 Å². The van der Waals surface area contributed by atoms with E-state index in [2.05, 4.69) is 17.2 Å². The molecule has 1 unspecified atom stereocenters. The first-order chi connectivity index (χ1) is 15.8. The molecule has 0 aromatic rings. The number of alkyl carbamates (subject to hydrolysis) is 1. The fourth-order valence-corrected chi connectivity index (χ4v) is 4.81. The molecule has 1 heterocycles. The van der Waals surface area contributed by atoms with Crippen molar-refractivity contribution in [3.63, 3.8) is 0 Å². The highest BCUT2D eigenvalue weighted by Gasteiger charge is 2.49. The number of piperazine rings is 1. The predicted molar refractivity (Wildman–Crippen MR) is 117 cm³/mol. The summed E-state index contributed by atoms with van der Waals surface area (Å²) in [6, 6.07) is -0.388. The van der Waals surface area contributed by atoms with Crippen molar-refractivity contribution in [1.29, 1.82) is 0 Å². The number of rotatable bonds is 9. The van der Waals surface area contributed by atoms with Crippen LogP contribution < -0.4 is 5.32 Å². The second-order valence-corrected chi connectivity index (χ2v) is 8.86. The molecule has 2 fully saturated rings. The first-order valence-corrected chi connectivity index (χ1v) is 11.6. The number of carboxylic acids is 1. The Balaban J connectivity index is 1.35. The Bertz CT molecular complexity index is 788. The molecule has 2 aliphatic carbocycles. The quantitative estimate of drug-likeness (QED) is 0.378. The topological polar surface area (TPSA) is 125 Å². The van der Waals surface area contributed by atoms with Gasteiger partial charge in [0.15, 0.2) is 0 Å². The average molecular weight is 464 g/mol. The Kier molecular flexibility index (Phi) is 8.95. The number of aliphatic carboxylic acids is 1. The molecule has 3 rings (SSSR count). The van der Waals surface area contributed by atoms with E-state index in [-0.39, 0.29) is 44.6 Å². The minimum absolute atomic E-state index is 0.0201. The zero-order valence-corrected chi connectivity index (χ0v) is 19.1. The van der Waals surface area contributed by atoms with Gasteiger partial charge in [-0.1, -0.05) is 0 Å². The summed E-state index contributed by atoms with van der Waals surface area (Å²) in [6.07, 6.45) is 3.56. The first-order valence-electron chi connectivity index (χ1n) is 11.6. The lowest BCUT2D eigenvalue weighted by Gasteiger charge is -2.40. The van der Waals surface area contributed by atoms with Crippen molar-refractivity contribution in [3.05, 3.63) is 0 Å². The number of carboxylic acid groups (broad SMARTS) is 1. The van der Waals surface area contributed by atoms with Crippen LogP contribution in [0.3, 0.4) is 0 Å². The van der Waals surface area contributed by atoms with Gasteiger partial charge in [-0.25, -0.2) is 4.79 Å². The van der Waals surface area contributed by atoms with Gasteiger partial charge >= 0.3 is 18.0 Å². The monoisotopic (exact) mass is 463 g/mol. The van der Waals surface area contributed by atoms with E-state index < -0.39 is 18.0 Å². The third kappa shape index (κ3) is 7.63. The van der Waals surface area contributed by atoms with Gasteiger partial charge in [-0.05, 0) is 30.6 Å². The van der Waals surface area contributed by atoms with Crippen LogP contribution >= 0.6 is 0 Å². The number of hydrogen-bond donors (Lipinski definition) is 2. The Labute approximate surface area is 193 Å². The summed E-state index contributed by atoms with van der Waals surface area (Å²) in [6.45, 7) is 2.69. The van der Waals surface area contributed by atoms with Gasteiger partial charge in [0.1, 0.15) is 6.61 Å². The van der Waals surface area contributed by atoms with Gasteiger partial charge in [-0.2, -0.15) is 0 Å². The standard InChI is InChI=1S/C23H33N3O7/c1-16(27)32-14-17-12-26(11-10-25(17)13-22(29)30)21(28)8-9-24-23(31)33-15-20-18-6-4-2-3-5-7-19(18)20/h17-20H,4-15H2,1H3,(H,24,31)(H,29,30)/t17?,18-,19+,20-. The van der Waals surface area contributed by atoms with Crippen LogP contribution in [0.15, 0.2) is 0 Å². The van der Waals surface area contributed by atoms with Crippen LogP contribution in [0, 0.1) is 29.6 Å². The second-order valence-electron chi connectivity index (χ2n) is 8.86. The molecular formula is C23H33N3O7. The summed E-state index contributed by atoms with van der Waals surface area (Å²) in [4.78, 5) is 50.1. The minimum Gasteiger partial charge on any atom is -0.480 e. The van der Waals surface area contributed by atoms with E-state index in [1.165, 1.54) is 6.92 Å². The SMILES string of the molecule is CC(=O)OCC1CN(C(=O)CCNC(=O)OC[C@@H]2[C@@H]3CCC#CCC[C@@H]32)CCN1CC(=O)O. The van der Waals surface area contributed by atoms with Crippen molar-refractivity contribution in [3.8, 4) is 11.8 Å². The summed E-state index contributed by atoms with van der Waals surface area (Å²) < 4.78 is 10.4. The zero-order valence-electron chi connectivity index (χ0n) is 19.1. The molecule has 0 radical (unpaired) electrons. The van der Waals surface area contributed by atoms with Crippen LogP contribution in [0.2, 0.25) is 0 Å². The number of fused-ring (bicyclic) bond motifs is 1. The molecule has 2 N–H and O–H groups in total. The third-order valence-corrected chi connectivity index (χ3v) is 6.63. The number of amides is 2. The maximum absolute atomic E-state index is 12.6. The lowest BCUT2D eigenvalue weighted by molar-refractivity contribution is -0.146. The van der Waals surface area contributed by atoms with Gasteiger partial charge < -0.3 is 24.8 Å². The Morgan fingerprint density at radius 2 is 1.73 bits per heavy atom. The lowest BCUT2D eigenvalue weighted by atomic mass is 10.1. The van der Waals surface area contributed by atoms with E-state index in [9.17, 15) is 19.2 Å². The maximum Gasteiger partial charge on any atom is 0.407 e. The number of ether oxygens (including phenoxy) is 2. The molecule has 10 heteroatoms. The molecular weight excluding hydrogens is 430 g/mol. The van der Waals surface area contributed by atoms with Gasteiger partial charge in [-0.15, -0.1) is 11.8 Å². The van der Waals surface area contributed by atoms with Crippen molar-refractivity contribution in [1.82, 2.24) is 15.1 Å². The number of hydrogen-bond acceptors (Lipinski definition) is 7. The van der Waals surface area contributed by atoms with Crippen molar-refractivity contribution in [2.45, 2.75) is 45.1 Å². The largest absolute Gasteiger partial charge is 0.480 e. The number of carbonyl (C=O) groups excluding carboxylic acids is 3. The summed E-state index contributed by atoms with van der Waals surface area (Å²) in [7, 11) is 0. The van der Waals surface area contributed by atoms with E-state index in [4.69, 9.17) is 14.6 Å². The molecule has 33 heavy (non-hydrogen) atoms. The smallest absolute Gasteiger partial charge is 0.407 e. The van der Waals surface area contributed by atoms with Gasteiger partial charge in [0.25, 0.3) is 0 Å². The molecule has 1 saturated carbocycles. The molecule has 0 spiro atoms. The van der Waals surface area contributed by atoms with E-state index in [0.29, 0.717) is 37.5 Å². The highest BCUT2D eigenvalue weighted by molar-refractivity contribution is 5.77. The highest BCUT2D eigenvalue weighted by atomic mass is 16.5. The maximum atomic E-state index is 12.6. The van der Waals surface area contributed by atoms with Crippen molar-refractivity contribution < 1.29 is 33.8 Å². The fourth-order valence-electron chi connectivity index (χ4n) is 4.81. The highest BCUT2D eigenvalue weighted by Crippen LogP contribution is 2.52. The molecule has 1 saturated heterocycles. The molecule has 0 bridgehead atoms. The molecule has 2 amide bonds. The summed E-state index contributed by atoms with van der Waals surface area (Å²) >= 11 is 0. The van der Waals surface area contributed by atoms with Crippen LogP contribution in [-0.2, 0) is 23.9 Å². The Morgan fingerprint density at radius 1 is 1.03 bits per heavy atom. The minimum atomic E-state index is -0.977. The van der Waals surface area contributed by atoms with Crippen LogP contribution in [-0.4, -0.2) is 90.8 Å². The van der Waals surface area contributed by atoms with Crippen molar-refractivity contribution >= 4 is 23.9 Å². The van der Waals surface area contributed by atoms with Crippen molar-refractivity contribution in [2.75, 3.05) is 45.9 Å². The number of nitrogens with zero attached hydrogens (tertiary/aromatic N) is 2. The van der Waals surface area contributed by atoms with Gasteiger partial charge in [-0.3, -0.25) is 19.3 Å². The fraction of sp³-hybridized carbons (Fsp3) is 0.739. The molecule has 182 valence electrons. The average Bonchev–Trinajstić information content (AvgIpc) is 3.39. The van der Waals surface area contributed by atoms with Crippen LogP contribution in [0.4, 0.5) is 4.79 Å². The molecule has 0 aromatic carbocycles. The Hall–Kier alpha value is -2.80. The Morgan fingerprint density at radius 3 is 2.36 bits per heavy atom. The molecule has 4 atom stereocenters. The summed E-state index contributed by atoms with van der Waals surface area (Å²) in [5, 5.41) is 11.7. The predicted octanol–water partition coefficient (Wildman–Crippen LogP) is 0.703. The van der Waals surface area contributed by atoms with Crippen LogP contribution in [0.1, 0.15) is 39.0 Å². The third-order valence-electron chi connectivity index (χ3n) is 6.63. The van der Waals surface area contributed by atoms with E-state index in [1.54, 1.807) is 9.80 Å². The van der Waals surface area contributed by atoms with Crippen LogP contribution in [0.25, 0.3) is 0 Å². The lowest BCUT2D eigenvalue weighted by Crippen LogP contribution is -2.57.